The van der Waals surface area contributed by atoms with Gasteiger partial charge in [0.2, 0.25) is 0 Å². The molecule has 17 nitrogen and oxygen atoms in total. The largest absolute Gasteiger partial charge is 0.464 e. The van der Waals surface area contributed by atoms with Crippen LogP contribution in [0.4, 0.5) is 0 Å². The average molecular weight is 977 g/mol. The number of esters is 2. The summed E-state index contributed by atoms with van der Waals surface area (Å²) in [5.74, 6) is -3.72. The highest BCUT2D eigenvalue weighted by atomic mass is 16.7. The smallest absolute Gasteiger partial charge is 0.332 e. The Morgan fingerprint density at radius 2 is 1.58 bits per heavy atom. The monoisotopic (exact) mass is 977 g/mol. The van der Waals surface area contributed by atoms with Crippen LogP contribution in [0.3, 0.4) is 0 Å². The van der Waals surface area contributed by atoms with Crippen LogP contribution in [0.25, 0.3) is 0 Å². The minimum absolute atomic E-state index is 0.000297. The molecule has 7 aliphatic rings. The lowest BCUT2D eigenvalue weighted by Gasteiger charge is -2.52. The number of aliphatic hydroxyl groups is 3. The number of ether oxygens (including phenoxy) is 12. The van der Waals surface area contributed by atoms with Crippen molar-refractivity contribution in [3.8, 4) is 0 Å². The number of methoxy groups -OCH3 is 2. The number of hydrogen-bond donors (Lipinski definition) is 3. The van der Waals surface area contributed by atoms with Crippen LogP contribution in [0.1, 0.15) is 107 Å². The average Bonchev–Trinajstić information content (AvgIpc) is 3.65. The molecule has 1 spiro atoms. The number of aliphatic hydroxyl groups excluding tert-OH is 2. The lowest BCUT2D eigenvalue weighted by Crippen LogP contribution is -2.60. The predicted molar refractivity (Wildman–Crippen MR) is 249 cm³/mol. The second-order valence-corrected chi connectivity index (χ2v) is 20.6. The van der Waals surface area contributed by atoms with Gasteiger partial charge in [-0.1, -0.05) is 64.5 Å². The highest BCUT2D eigenvalue weighted by molar-refractivity contribution is 5.78. The van der Waals surface area contributed by atoms with Gasteiger partial charge in [0, 0.05) is 58.2 Å². The molecule has 5 saturated heterocycles. The van der Waals surface area contributed by atoms with Gasteiger partial charge >= 0.3 is 11.9 Å². The maximum atomic E-state index is 14.4. The van der Waals surface area contributed by atoms with Crippen molar-refractivity contribution in [2.45, 2.75) is 211 Å². The van der Waals surface area contributed by atoms with Crippen LogP contribution >= 0.6 is 0 Å². The van der Waals surface area contributed by atoms with Gasteiger partial charge in [-0.2, -0.15) is 0 Å². The van der Waals surface area contributed by atoms with Crippen molar-refractivity contribution in [1.29, 1.82) is 0 Å². The summed E-state index contributed by atoms with van der Waals surface area (Å²) in [6.07, 6.45) is 2.92. The zero-order valence-corrected chi connectivity index (χ0v) is 42.5. The summed E-state index contributed by atoms with van der Waals surface area (Å²) in [4.78, 5) is 26.5. The van der Waals surface area contributed by atoms with Crippen LogP contribution in [-0.2, 0) is 66.4 Å². The predicted octanol–water partition coefficient (Wildman–Crippen LogP) is 5.16. The van der Waals surface area contributed by atoms with Gasteiger partial charge in [-0.3, -0.25) is 4.79 Å². The molecule has 5 fully saturated rings. The number of hydrogen-bond acceptors (Lipinski definition) is 17. The second kappa shape index (κ2) is 23.1. The lowest BCUT2D eigenvalue weighted by atomic mass is 9.71. The molecule has 21 atom stereocenters. The van der Waals surface area contributed by atoms with Crippen molar-refractivity contribution >= 4 is 11.9 Å². The van der Waals surface area contributed by atoms with Crippen molar-refractivity contribution in [3.63, 3.8) is 0 Å². The van der Waals surface area contributed by atoms with Gasteiger partial charge in [0.15, 0.2) is 18.4 Å². The van der Waals surface area contributed by atoms with E-state index in [1.165, 1.54) is 0 Å². The van der Waals surface area contributed by atoms with Gasteiger partial charge in [0.1, 0.15) is 48.6 Å². The first kappa shape index (κ1) is 54.2. The fourth-order valence-electron chi connectivity index (χ4n) is 11.6. The fourth-order valence-corrected chi connectivity index (χ4v) is 11.6. The number of fused-ring (bicyclic) bond motifs is 2. The Bertz CT molecular complexity index is 1890. The Kier molecular flexibility index (Phi) is 18.1. The number of rotatable bonds is 12. The van der Waals surface area contributed by atoms with Crippen LogP contribution in [0, 0.1) is 23.7 Å². The van der Waals surface area contributed by atoms with Crippen molar-refractivity contribution < 1.29 is 81.8 Å². The van der Waals surface area contributed by atoms with Gasteiger partial charge in [0.25, 0.3) is 0 Å². The Balaban J connectivity index is 1.14. The summed E-state index contributed by atoms with van der Waals surface area (Å²) in [6, 6.07) is 0. The summed E-state index contributed by atoms with van der Waals surface area (Å²) >= 11 is 0. The third kappa shape index (κ3) is 11.8. The molecule has 0 amide bonds. The summed E-state index contributed by atoms with van der Waals surface area (Å²) in [5.41, 5.74) is -0.0193. The first-order valence-corrected chi connectivity index (χ1v) is 25.3. The summed E-state index contributed by atoms with van der Waals surface area (Å²) in [6.45, 7) is 17.5. The normalized spacial score (nSPS) is 46.6. The molecule has 0 aromatic carbocycles. The molecule has 6 heterocycles. The molecular formula is C52H80O17. The van der Waals surface area contributed by atoms with Gasteiger partial charge in [-0.15, -0.1) is 0 Å². The molecule has 6 aliphatic heterocycles. The molecule has 1 aliphatic carbocycles. The van der Waals surface area contributed by atoms with Crippen molar-refractivity contribution in [2.24, 2.45) is 23.7 Å². The van der Waals surface area contributed by atoms with Crippen molar-refractivity contribution in [3.05, 3.63) is 47.1 Å². The highest BCUT2D eigenvalue weighted by Crippen LogP contribution is 2.48. The van der Waals surface area contributed by atoms with E-state index in [9.17, 15) is 24.9 Å². The molecular weight excluding hydrogens is 897 g/mol. The standard InChI is InChI=1S/C52H80O17/c1-12-27(3)46-31(7)38(53)24-51(69-46)23-36-20-35(68-51)18-17-29(5)45(28(4)15-14-16-34-25-62-49-44(55)30(6)19-37(50(56)65-36)52(34,49)57)66-42-22-40(59-11)48(33(9)64-42)67-43-21-39(58-10)47(32(8)63-43)61-26-41(54)60-13-2/h14-17,19,27-28,31-33,35-40,42-49,53,55,57H,12-13,18,20-26H2,1-11H3/b15-14+,29-17+,34-16+/t27?,28-,31-,32-,33-,35+,36-,37?,38?,39-,40-,42-,43-,44+,45?,46+,47-,48?,49+,51-,52?/m0/s1. The minimum atomic E-state index is -1.88. The quantitative estimate of drug-likeness (QED) is 0.171. The molecule has 390 valence electrons. The summed E-state index contributed by atoms with van der Waals surface area (Å²) in [7, 11) is 3.22. The third-order valence-electron chi connectivity index (χ3n) is 15.7. The molecule has 17 heteroatoms. The van der Waals surface area contributed by atoms with Gasteiger partial charge in [0.05, 0.1) is 62.0 Å². The number of allylic oxidation sites excluding steroid dienone is 2. The topological polar surface area (TPSA) is 206 Å². The molecule has 0 radical (unpaired) electrons. The minimum Gasteiger partial charge on any atom is -0.464 e. The maximum Gasteiger partial charge on any atom is 0.332 e. The zero-order valence-electron chi connectivity index (χ0n) is 42.5. The van der Waals surface area contributed by atoms with Crippen molar-refractivity contribution in [1.82, 2.24) is 0 Å². The van der Waals surface area contributed by atoms with E-state index in [-0.39, 0.29) is 56.5 Å². The summed E-state index contributed by atoms with van der Waals surface area (Å²) in [5, 5.41) is 35.4. The third-order valence-corrected chi connectivity index (χ3v) is 15.7. The first-order valence-electron chi connectivity index (χ1n) is 25.3. The van der Waals surface area contributed by atoms with Gasteiger partial charge < -0.3 is 72.2 Å². The van der Waals surface area contributed by atoms with Crippen molar-refractivity contribution in [2.75, 3.05) is 34.0 Å². The fraction of sp³-hybridized carbons (Fsp3) is 0.808. The number of carbonyl (C=O) groups excluding carboxylic acids is 2. The number of carbonyl (C=O) groups is 2. The van der Waals surface area contributed by atoms with E-state index in [0.29, 0.717) is 36.8 Å². The van der Waals surface area contributed by atoms with E-state index in [4.69, 9.17) is 56.8 Å². The van der Waals surface area contributed by atoms with E-state index in [2.05, 4.69) is 19.9 Å². The van der Waals surface area contributed by atoms with Crippen LogP contribution in [0.5, 0.6) is 0 Å². The molecule has 0 aromatic heterocycles. The molecule has 3 N–H and O–H groups in total. The lowest BCUT2D eigenvalue weighted by molar-refractivity contribution is -0.354. The van der Waals surface area contributed by atoms with E-state index >= 15 is 0 Å². The highest BCUT2D eigenvalue weighted by Gasteiger charge is 2.60. The van der Waals surface area contributed by atoms with E-state index in [1.54, 1.807) is 40.2 Å². The molecule has 2 bridgehead atoms. The van der Waals surface area contributed by atoms with Crippen LogP contribution < -0.4 is 0 Å². The van der Waals surface area contributed by atoms with Gasteiger partial charge in [-0.05, 0) is 63.7 Å². The Morgan fingerprint density at radius 1 is 0.899 bits per heavy atom. The first-order chi connectivity index (χ1) is 32.8. The molecule has 7 rings (SSSR count). The van der Waals surface area contributed by atoms with Crippen LogP contribution in [0.2, 0.25) is 0 Å². The van der Waals surface area contributed by atoms with Crippen LogP contribution in [-0.4, -0.2) is 165 Å². The maximum absolute atomic E-state index is 14.4. The SMILES string of the molecule is CCOC(=O)CO[C@H]1[C@H](C)O[C@@H](OC2[C@H](C)O[C@@H](OC3/C(C)=C/C[C@@H]4C[C@@H](C[C@]5(CC(O)[C@H](C)[C@@H](C(C)CC)O5)O4)OC(=O)C4C=C(C)[C@@H](O)[C@H]5OC/C(=C\C=C\[C@@H]3C)C45O)C[C@@H]2OC)C[C@@H]1OC. The van der Waals surface area contributed by atoms with Crippen LogP contribution in [0.15, 0.2) is 47.1 Å². The molecule has 0 saturated carbocycles. The van der Waals surface area contributed by atoms with E-state index < -0.39 is 115 Å². The summed E-state index contributed by atoms with van der Waals surface area (Å²) < 4.78 is 75.4. The molecule has 0 aromatic rings. The van der Waals surface area contributed by atoms with E-state index in [1.807, 2.05) is 46.8 Å². The Hall–Kier alpha value is -2.62. The second-order valence-electron chi connectivity index (χ2n) is 20.6. The Morgan fingerprint density at radius 3 is 2.26 bits per heavy atom. The van der Waals surface area contributed by atoms with Gasteiger partial charge in [-0.25, -0.2) is 4.79 Å². The Labute approximate surface area is 408 Å². The molecule has 6 unspecified atom stereocenters. The molecule has 69 heavy (non-hydrogen) atoms. The zero-order chi connectivity index (χ0) is 49.9. The van der Waals surface area contributed by atoms with E-state index in [0.717, 1.165) is 12.0 Å².